The average Bonchev–Trinajstić information content (AvgIpc) is 2.81. The van der Waals surface area contributed by atoms with Crippen LogP contribution in [0.3, 0.4) is 0 Å². The van der Waals surface area contributed by atoms with Gasteiger partial charge < -0.3 is 14.6 Å². The van der Waals surface area contributed by atoms with Gasteiger partial charge in [0, 0.05) is 12.2 Å². The zero-order chi connectivity index (χ0) is 9.68. The molecule has 0 unspecified atom stereocenters. The van der Waals surface area contributed by atoms with Gasteiger partial charge in [-0.2, -0.15) is 0 Å². The van der Waals surface area contributed by atoms with Crippen molar-refractivity contribution in [3.05, 3.63) is 36.5 Å². The maximum absolute atomic E-state index is 10.7. The quantitative estimate of drug-likeness (QED) is 0.390. The van der Waals surface area contributed by atoms with Crippen molar-refractivity contribution >= 4 is 11.9 Å². The van der Waals surface area contributed by atoms with Crippen LogP contribution in [-0.4, -0.2) is 17.0 Å². The van der Waals surface area contributed by atoms with Crippen molar-refractivity contribution in [1.29, 1.82) is 0 Å². The van der Waals surface area contributed by atoms with Crippen LogP contribution in [0, 0.1) is 0 Å². The summed E-state index contributed by atoms with van der Waals surface area (Å²) < 4.78 is 8.93. The molecule has 0 aromatic rings. The molecule has 0 saturated carbocycles. The Bertz CT molecular complexity index is 310. The summed E-state index contributed by atoms with van der Waals surface area (Å²) in [5.74, 6) is -1.53. The molecule has 0 aromatic carbocycles. The maximum Gasteiger partial charge on any atom is 0.338 e. The number of aliphatic carboxylic acids is 1. The maximum atomic E-state index is 10.7. The number of hydrogen-bond donors (Lipinski definition) is 1. The fourth-order valence-electron chi connectivity index (χ4n) is 0.477. The Balaban J connectivity index is 2.25. The van der Waals surface area contributed by atoms with Crippen LogP contribution in [0.4, 0.5) is 0 Å². The summed E-state index contributed by atoms with van der Waals surface area (Å²) >= 11 is 0. The van der Waals surface area contributed by atoms with Crippen molar-refractivity contribution in [3.63, 3.8) is 0 Å². The van der Waals surface area contributed by atoms with Crippen LogP contribution in [-0.2, 0) is 19.1 Å². The number of ether oxygens (including phenoxy) is 2. The standard InChI is InChI=1S/C8H6O5/c9-6(10)3-1-2-4-7(11)13-8-5-12-8/h1-5H,(H,9,10). The molecule has 0 aromatic heterocycles. The highest BCUT2D eigenvalue weighted by molar-refractivity contribution is 5.84. The molecule has 0 atom stereocenters. The fraction of sp³-hybridized carbons (Fsp3) is 0. The van der Waals surface area contributed by atoms with Crippen molar-refractivity contribution in [2.75, 3.05) is 0 Å². The summed E-state index contributed by atoms with van der Waals surface area (Å²) in [5, 5.41) is 8.17. The van der Waals surface area contributed by atoms with Gasteiger partial charge in [0.2, 0.25) is 0 Å². The first-order valence-electron chi connectivity index (χ1n) is 3.35. The molecule has 13 heavy (non-hydrogen) atoms. The minimum Gasteiger partial charge on any atom is -0.478 e. The van der Waals surface area contributed by atoms with Crippen LogP contribution < -0.4 is 0 Å². The first-order valence-corrected chi connectivity index (χ1v) is 3.35. The molecule has 0 amide bonds. The zero-order valence-corrected chi connectivity index (χ0v) is 6.47. The predicted octanol–water partition coefficient (Wildman–Crippen LogP) is 0.556. The monoisotopic (exact) mass is 182 g/mol. The molecule has 0 aliphatic carbocycles. The Morgan fingerprint density at radius 3 is 2.54 bits per heavy atom. The van der Waals surface area contributed by atoms with E-state index in [1.807, 2.05) is 0 Å². The molecular weight excluding hydrogens is 176 g/mol. The van der Waals surface area contributed by atoms with E-state index in [1.54, 1.807) is 0 Å². The van der Waals surface area contributed by atoms with Crippen LogP contribution in [0.1, 0.15) is 0 Å². The molecule has 1 rings (SSSR count). The molecule has 0 radical (unpaired) electrons. The molecule has 5 heteroatoms. The van der Waals surface area contributed by atoms with Crippen LogP contribution in [0.15, 0.2) is 36.5 Å². The van der Waals surface area contributed by atoms with E-state index in [2.05, 4.69) is 9.47 Å². The van der Waals surface area contributed by atoms with E-state index >= 15 is 0 Å². The van der Waals surface area contributed by atoms with Gasteiger partial charge in [-0.15, -0.1) is 0 Å². The minimum absolute atomic E-state index is 0.164. The lowest BCUT2D eigenvalue weighted by Gasteiger charge is -1.87. The highest BCUT2D eigenvalue weighted by Crippen LogP contribution is 2.14. The van der Waals surface area contributed by atoms with Crippen LogP contribution in [0.2, 0.25) is 0 Å². The largest absolute Gasteiger partial charge is 0.478 e. The summed E-state index contributed by atoms with van der Waals surface area (Å²) in [7, 11) is 0. The second-order valence-electron chi connectivity index (χ2n) is 2.03. The second-order valence-corrected chi connectivity index (χ2v) is 2.03. The van der Waals surface area contributed by atoms with Gasteiger partial charge in [0.1, 0.15) is 0 Å². The van der Waals surface area contributed by atoms with Crippen LogP contribution in [0.5, 0.6) is 0 Å². The van der Waals surface area contributed by atoms with Crippen molar-refractivity contribution in [1.82, 2.24) is 0 Å². The van der Waals surface area contributed by atoms with Crippen molar-refractivity contribution < 1.29 is 24.2 Å². The highest BCUT2D eigenvalue weighted by Gasteiger charge is 2.14. The van der Waals surface area contributed by atoms with Crippen LogP contribution in [0.25, 0.3) is 0 Å². The van der Waals surface area contributed by atoms with Gasteiger partial charge in [0.25, 0.3) is 0 Å². The Morgan fingerprint density at radius 1 is 1.38 bits per heavy atom. The number of hydrogen-bond acceptors (Lipinski definition) is 4. The molecular formula is C8H6O5. The first kappa shape index (κ1) is 9.05. The van der Waals surface area contributed by atoms with E-state index in [0.29, 0.717) is 0 Å². The van der Waals surface area contributed by atoms with Gasteiger partial charge in [-0.25, -0.2) is 9.59 Å². The molecule has 5 nitrogen and oxygen atoms in total. The molecule has 0 bridgehead atoms. The summed E-state index contributed by atoms with van der Waals surface area (Å²) in [5.41, 5.74) is 0. The smallest absolute Gasteiger partial charge is 0.338 e. The van der Waals surface area contributed by atoms with Gasteiger partial charge in [-0.1, -0.05) is 12.2 Å². The molecule has 1 aliphatic heterocycles. The first-order chi connectivity index (χ1) is 6.18. The predicted molar refractivity (Wildman–Crippen MR) is 41.2 cm³/mol. The van der Waals surface area contributed by atoms with E-state index in [1.165, 1.54) is 18.4 Å². The summed E-state index contributed by atoms with van der Waals surface area (Å²) in [6, 6.07) is 0. The number of carbonyl (C=O) groups excluding carboxylic acids is 1. The number of carbonyl (C=O) groups is 2. The molecule has 0 fully saturated rings. The van der Waals surface area contributed by atoms with E-state index in [-0.39, 0.29) is 5.95 Å². The topological polar surface area (TPSA) is 76.1 Å². The van der Waals surface area contributed by atoms with Crippen molar-refractivity contribution in [2.24, 2.45) is 0 Å². The average molecular weight is 182 g/mol. The normalized spacial score (nSPS) is 14.0. The Labute approximate surface area is 73.6 Å². The van der Waals surface area contributed by atoms with E-state index in [4.69, 9.17) is 5.11 Å². The number of rotatable bonds is 4. The Morgan fingerprint density at radius 2 is 2.00 bits per heavy atom. The lowest BCUT2D eigenvalue weighted by atomic mass is 10.4. The summed E-state index contributed by atoms with van der Waals surface area (Å²) in [6.45, 7) is 0. The lowest BCUT2D eigenvalue weighted by molar-refractivity contribution is -0.135. The van der Waals surface area contributed by atoms with E-state index < -0.39 is 11.9 Å². The second kappa shape index (κ2) is 4.10. The minimum atomic E-state index is -1.08. The third kappa shape index (κ3) is 4.41. The molecule has 0 saturated heterocycles. The third-order valence-corrected chi connectivity index (χ3v) is 0.997. The zero-order valence-electron chi connectivity index (χ0n) is 6.47. The number of carboxylic acids is 1. The molecule has 0 spiro atoms. The number of allylic oxidation sites excluding steroid dienone is 2. The molecule has 1 N–H and O–H groups in total. The van der Waals surface area contributed by atoms with E-state index in [0.717, 1.165) is 12.2 Å². The third-order valence-electron chi connectivity index (χ3n) is 0.997. The number of esters is 1. The summed E-state index contributed by atoms with van der Waals surface area (Å²) in [4.78, 5) is 20.7. The van der Waals surface area contributed by atoms with Crippen molar-refractivity contribution in [2.45, 2.75) is 0 Å². The van der Waals surface area contributed by atoms with E-state index in [9.17, 15) is 9.59 Å². The Hall–Kier alpha value is -2.04. The number of carboxylic acid groups (broad SMARTS) is 1. The highest BCUT2D eigenvalue weighted by atomic mass is 16.7. The Kier molecular flexibility index (Phi) is 2.86. The lowest BCUT2D eigenvalue weighted by Crippen LogP contribution is -1.94. The van der Waals surface area contributed by atoms with Gasteiger partial charge in [0.05, 0.1) is 0 Å². The summed E-state index contributed by atoms with van der Waals surface area (Å²) in [6.07, 6.45) is 5.74. The SMILES string of the molecule is O=C(O)C=CC=CC(=O)OC1=CO1. The van der Waals surface area contributed by atoms with Gasteiger partial charge in [-0.3, -0.25) is 0 Å². The fourth-order valence-corrected chi connectivity index (χ4v) is 0.477. The van der Waals surface area contributed by atoms with Crippen LogP contribution >= 0.6 is 0 Å². The van der Waals surface area contributed by atoms with Crippen molar-refractivity contribution in [3.8, 4) is 0 Å². The molecule has 1 heterocycles. The van der Waals surface area contributed by atoms with Gasteiger partial charge in [-0.05, 0) is 0 Å². The van der Waals surface area contributed by atoms with Gasteiger partial charge >= 0.3 is 17.9 Å². The molecule has 68 valence electrons. The molecule has 1 aliphatic rings. The van der Waals surface area contributed by atoms with Gasteiger partial charge in [0.15, 0.2) is 6.26 Å².